The maximum absolute atomic E-state index is 8.40. The molecule has 11 heavy (non-hydrogen) atoms. The SMILES string of the molecule is Cc1ccnn1CC(Cl)C#N. The molecule has 1 aromatic heterocycles. The van der Waals surface area contributed by atoms with Gasteiger partial charge in [0.25, 0.3) is 0 Å². The van der Waals surface area contributed by atoms with Crippen molar-refractivity contribution in [3.63, 3.8) is 0 Å². The monoisotopic (exact) mass is 169 g/mol. The van der Waals surface area contributed by atoms with Crippen molar-refractivity contribution in [2.75, 3.05) is 0 Å². The van der Waals surface area contributed by atoms with Gasteiger partial charge in [0.05, 0.1) is 12.6 Å². The molecular weight excluding hydrogens is 162 g/mol. The molecule has 0 saturated heterocycles. The van der Waals surface area contributed by atoms with Gasteiger partial charge in [0.2, 0.25) is 0 Å². The van der Waals surface area contributed by atoms with Crippen molar-refractivity contribution in [2.45, 2.75) is 18.8 Å². The number of aromatic nitrogens is 2. The highest BCUT2D eigenvalue weighted by atomic mass is 35.5. The van der Waals surface area contributed by atoms with E-state index in [1.54, 1.807) is 10.9 Å². The van der Waals surface area contributed by atoms with Crippen molar-refractivity contribution in [3.8, 4) is 6.07 Å². The number of hydrogen-bond acceptors (Lipinski definition) is 2. The maximum Gasteiger partial charge on any atom is 0.140 e. The summed E-state index contributed by atoms with van der Waals surface area (Å²) in [6, 6.07) is 3.81. The third-order valence-corrected chi connectivity index (χ3v) is 1.64. The van der Waals surface area contributed by atoms with E-state index in [0.29, 0.717) is 6.54 Å². The van der Waals surface area contributed by atoms with Crippen LogP contribution in [0.2, 0.25) is 0 Å². The van der Waals surface area contributed by atoms with E-state index in [4.69, 9.17) is 16.9 Å². The Morgan fingerprint density at radius 2 is 2.64 bits per heavy atom. The van der Waals surface area contributed by atoms with Crippen molar-refractivity contribution in [3.05, 3.63) is 18.0 Å². The lowest BCUT2D eigenvalue weighted by molar-refractivity contribution is 0.614. The van der Waals surface area contributed by atoms with E-state index in [0.717, 1.165) is 5.69 Å². The Kier molecular flexibility index (Phi) is 2.50. The normalized spacial score (nSPS) is 12.5. The van der Waals surface area contributed by atoms with Crippen LogP contribution in [0, 0.1) is 18.3 Å². The highest BCUT2D eigenvalue weighted by Gasteiger charge is 2.04. The molecular formula is C7H8ClN3. The standard InChI is InChI=1S/C7H8ClN3/c1-6-2-3-10-11(6)5-7(8)4-9/h2-3,7H,5H2,1H3. The molecule has 1 heterocycles. The molecule has 1 aromatic rings. The second kappa shape index (κ2) is 3.40. The van der Waals surface area contributed by atoms with E-state index in [9.17, 15) is 0 Å². The lowest BCUT2D eigenvalue weighted by Gasteiger charge is -2.02. The molecule has 0 saturated carbocycles. The van der Waals surface area contributed by atoms with Gasteiger partial charge in [-0.3, -0.25) is 4.68 Å². The van der Waals surface area contributed by atoms with Crippen LogP contribution < -0.4 is 0 Å². The summed E-state index contributed by atoms with van der Waals surface area (Å²) >= 11 is 5.61. The average Bonchev–Trinajstić information content (AvgIpc) is 2.37. The number of nitriles is 1. The third kappa shape index (κ3) is 1.95. The lowest BCUT2D eigenvalue weighted by atomic mass is 10.4. The van der Waals surface area contributed by atoms with Crippen molar-refractivity contribution in [1.82, 2.24) is 9.78 Å². The summed E-state index contributed by atoms with van der Waals surface area (Å²) in [4.78, 5) is 0. The molecule has 0 spiro atoms. The molecule has 1 unspecified atom stereocenters. The zero-order valence-corrected chi connectivity index (χ0v) is 6.91. The summed E-state index contributed by atoms with van der Waals surface area (Å²) in [5.74, 6) is 0. The van der Waals surface area contributed by atoms with E-state index >= 15 is 0 Å². The van der Waals surface area contributed by atoms with Crippen LogP contribution in [0.25, 0.3) is 0 Å². The zero-order valence-electron chi connectivity index (χ0n) is 6.16. The van der Waals surface area contributed by atoms with Crippen LogP contribution in [0.15, 0.2) is 12.3 Å². The van der Waals surface area contributed by atoms with Crippen LogP contribution in [-0.4, -0.2) is 15.2 Å². The zero-order chi connectivity index (χ0) is 8.27. The second-order valence-corrected chi connectivity index (χ2v) is 2.78. The van der Waals surface area contributed by atoms with Crippen molar-refractivity contribution in [2.24, 2.45) is 0 Å². The van der Waals surface area contributed by atoms with Gasteiger partial charge in [0.15, 0.2) is 0 Å². The van der Waals surface area contributed by atoms with Crippen molar-refractivity contribution in [1.29, 1.82) is 5.26 Å². The number of aryl methyl sites for hydroxylation is 1. The lowest BCUT2D eigenvalue weighted by Crippen LogP contribution is -2.10. The van der Waals surface area contributed by atoms with Gasteiger partial charge in [-0.1, -0.05) is 0 Å². The van der Waals surface area contributed by atoms with Crippen LogP contribution in [0.3, 0.4) is 0 Å². The summed E-state index contributed by atoms with van der Waals surface area (Å²) < 4.78 is 1.71. The molecule has 0 aliphatic carbocycles. The fraction of sp³-hybridized carbons (Fsp3) is 0.429. The Morgan fingerprint density at radius 1 is 1.91 bits per heavy atom. The number of nitrogens with zero attached hydrogens (tertiary/aromatic N) is 3. The van der Waals surface area contributed by atoms with Crippen molar-refractivity contribution < 1.29 is 0 Å². The van der Waals surface area contributed by atoms with Crippen LogP contribution in [0.1, 0.15) is 5.69 Å². The Balaban J connectivity index is 2.66. The van der Waals surface area contributed by atoms with Crippen molar-refractivity contribution >= 4 is 11.6 Å². The predicted molar refractivity (Wildman–Crippen MR) is 42.2 cm³/mol. The maximum atomic E-state index is 8.40. The fourth-order valence-electron chi connectivity index (χ4n) is 0.783. The molecule has 0 aromatic carbocycles. The van der Waals surface area contributed by atoms with Gasteiger partial charge in [-0.25, -0.2) is 0 Å². The first kappa shape index (κ1) is 8.09. The molecule has 1 atom stereocenters. The molecule has 4 heteroatoms. The Hall–Kier alpha value is -1.01. The first-order chi connectivity index (χ1) is 5.24. The van der Waals surface area contributed by atoms with Gasteiger partial charge in [-0.15, -0.1) is 11.6 Å². The predicted octanol–water partition coefficient (Wildman–Crippen LogP) is 1.32. The quantitative estimate of drug-likeness (QED) is 0.627. The van der Waals surface area contributed by atoms with E-state index in [-0.39, 0.29) is 0 Å². The summed E-state index contributed by atoms with van der Waals surface area (Å²) in [6.07, 6.45) is 1.69. The van der Waals surface area contributed by atoms with Gasteiger partial charge in [-0.05, 0) is 13.0 Å². The van der Waals surface area contributed by atoms with Gasteiger partial charge >= 0.3 is 0 Å². The van der Waals surface area contributed by atoms with Crippen LogP contribution >= 0.6 is 11.6 Å². The van der Waals surface area contributed by atoms with Crippen LogP contribution in [0.5, 0.6) is 0 Å². The minimum absolute atomic E-state index is 0.455. The van der Waals surface area contributed by atoms with E-state index < -0.39 is 5.38 Å². The molecule has 0 bridgehead atoms. The van der Waals surface area contributed by atoms with Gasteiger partial charge in [0.1, 0.15) is 5.38 Å². The van der Waals surface area contributed by atoms with E-state index in [1.807, 2.05) is 19.1 Å². The minimum atomic E-state index is -0.492. The smallest absolute Gasteiger partial charge is 0.140 e. The average molecular weight is 170 g/mol. The van der Waals surface area contributed by atoms with Gasteiger partial charge in [0, 0.05) is 11.9 Å². The number of hydrogen-bond donors (Lipinski definition) is 0. The van der Waals surface area contributed by atoms with E-state index in [2.05, 4.69) is 5.10 Å². The number of halogens is 1. The molecule has 0 radical (unpaired) electrons. The topological polar surface area (TPSA) is 41.6 Å². The van der Waals surface area contributed by atoms with Crippen LogP contribution in [-0.2, 0) is 6.54 Å². The second-order valence-electron chi connectivity index (χ2n) is 2.25. The Labute approximate surface area is 70.2 Å². The summed E-state index contributed by atoms with van der Waals surface area (Å²) in [5.41, 5.74) is 1.02. The van der Waals surface area contributed by atoms with Gasteiger partial charge in [-0.2, -0.15) is 10.4 Å². The largest absolute Gasteiger partial charge is 0.267 e. The minimum Gasteiger partial charge on any atom is -0.267 e. The molecule has 1 rings (SSSR count). The Bertz CT molecular complexity index is 273. The molecule has 0 fully saturated rings. The van der Waals surface area contributed by atoms with Crippen LogP contribution in [0.4, 0.5) is 0 Å². The Morgan fingerprint density at radius 3 is 3.09 bits per heavy atom. The highest BCUT2D eigenvalue weighted by molar-refractivity contribution is 6.22. The summed E-state index contributed by atoms with van der Waals surface area (Å²) in [5, 5.41) is 11.9. The third-order valence-electron chi connectivity index (χ3n) is 1.40. The summed E-state index contributed by atoms with van der Waals surface area (Å²) in [7, 11) is 0. The molecule has 0 aliphatic rings. The van der Waals surface area contributed by atoms with E-state index in [1.165, 1.54) is 0 Å². The van der Waals surface area contributed by atoms with Gasteiger partial charge < -0.3 is 0 Å². The molecule has 0 aliphatic heterocycles. The molecule has 0 amide bonds. The highest BCUT2D eigenvalue weighted by Crippen LogP contribution is 2.01. The number of rotatable bonds is 2. The fourth-order valence-corrected chi connectivity index (χ4v) is 0.913. The molecule has 0 N–H and O–H groups in total. The number of alkyl halides is 1. The molecule has 58 valence electrons. The first-order valence-electron chi connectivity index (χ1n) is 3.26. The summed E-state index contributed by atoms with van der Waals surface area (Å²) in [6.45, 7) is 2.38. The first-order valence-corrected chi connectivity index (χ1v) is 3.70. The molecule has 3 nitrogen and oxygen atoms in total.